The van der Waals surface area contributed by atoms with E-state index in [9.17, 15) is 9.59 Å². The van der Waals surface area contributed by atoms with E-state index in [1.165, 1.54) is 7.11 Å². The van der Waals surface area contributed by atoms with Gasteiger partial charge >= 0.3 is 5.97 Å². The first kappa shape index (κ1) is 18.0. The van der Waals surface area contributed by atoms with Crippen LogP contribution in [0.5, 0.6) is 5.75 Å². The number of esters is 1. The van der Waals surface area contributed by atoms with Gasteiger partial charge in [0.1, 0.15) is 5.75 Å². The molecule has 1 aliphatic carbocycles. The molecule has 4 heteroatoms. The van der Waals surface area contributed by atoms with E-state index in [-0.39, 0.29) is 23.6 Å². The Hall–Kier alpha value is -2.36. The number of para-hydroxylation sites is 1. The summed E-state index contributed by atoms with van der Waals surface area (Å²) in [5, 5.41) is 0. The van der Waals surface area contributed by atoms with Gasteiger partial charge in [-0.1, -0.05) is 36.4 Å². The van der Waals surface area contributed by atoms with Crippen molar-refractivity contribution in [2.24, 2.45) is 11.8 Å². The zero-order chi connectivity index (χ0) is 17.2. The number of benzene rings is 1. The number of hydrogen-bond acceptors (Lipinski definition) is 4. The summed E-state index contributed by atoms with van der Waals surface area (Å²) in [4.78, 5) is 23.0. The third kappa shape index (κ3) is 5.69. The van der Waals surface area contributed by atoms with Gasteiger partial charge in [-0.2, -0.15) is 0 Å². The van der Waals surface area contributed by atoms with E-state index in [2.05, 4.69) is 4.74 Å². The Bertz CT molecular complexity index is 589. The van der Waals surface area contributed by atoms with Gasteiger partial charge in [0.15, 0.2) is 5.78 Å². The molecule has 0 aromatic heterocycles. The number of rotatable bonds is 9. The molecule has 0 saturated carbocycles. The number of ether oxygens (including phenoxy) is 2. The molecule has 128 valence electrons. The number of unbranched alkanes of at least 4 members (excludes halogenated alkanes) is 1. The fraction of sp³-hybridized carbons (Fsp3) is 0.400. The minimum Gasteiger partial charge on any atom is -0.493 e. The van der Waals surface area contributed by atoms with Crippen LogP contribution in [0, 0.1) is 11.8 Å². The van der Waals surface area contributed by atoms with E-state index in [1.807, 2.05) is 48.6 Å². The van der Waals surface area contributed by atoms with Crippen LogP contribution < -0.4 is 4.74 Å². The molecule has 0 spiro atoms. The fourth-order valence-corrected chi connectivity index (χ4v) is 2.69. The van der Waals surface area contributed by atoms with Crippen molar-refractivity contribution in [2.45, 2.75) is 25.7 Å². The van der Waals surface area contributed by atoms with E-state index < -0.39 is 0 Å². The first-order chi connectivity index (χ1) is 11.7. The van der Waals surface area contributed by atoms with Gasteiger partial charge in [-0.15, -0.1) is 0 Å². The molecule has 4 nitrogen and oxygen atoms in total. The molecule has 0 amide bonds. The Labute approximate surface area is 143 Å². The summed E-state index contributed by atoms with van der Waals surface area (Å²) in [6.45, 7) is 0.507. The third-order valence-corrected chi connectivity index (χ3v) is 4.11. The molecule has 0 fully saturated rings. The number of carbonyl (C=O) groups is 2. The van der Waals surface area contributed by atoms with Crippen molar-refractivity contribution in [1.82, 2.24) is 0 Å². The van der Waals surface area contributed by atoms with Crippen LogP contribution in [0.3, 0.4) is 0 Å². The molecular formula is C20H24O4. The molecule has 1 aromatic rings. The number of allylic oxidation sites excluding steroid dienone is 3. The summed E-state index contributed by atoms with van der Waals surface area (Å²) in [5.74, 6) is 0.859. The average Bonchev–Trinajstić information content (AvgIpc) is 2.96. The SMILES string of the molecule is COC(=O)CCC/C=C\C[C@H]1C(=O)C=C[C@@H]1COc1ccccc1. The van der Waals surface area contributed by atoms with Crippen molar-refractivity contribution >= 4 is 11.8 Å². The predicted molar refractivity (Wildman–Crippen MR) is 92.7 cm³/mol. The zero-order valence-electron chi connectivity index (χ0n) is 14.0. The van der Waals surface area contributed by atoms with Crippen LogP contribution in [-0.2, 0) is 14.3 Å². The monoisotopic (exact) mass is 328 g/mol. The molecule has 1 aromatic carbocycles. The lowest BCUT2D eigenvalue weighted by Gasteiger charge is -2.17. The maximum atomic E-state index is 12.0. The highest BCUT2D eigenvalue weighted by molar-refractivity contribution is 5.94. The highest BCUT2D eigenvalue weighted by atomic mass is 16.5. The first-order valence-electron chi connectivity index (χ1n) is 8.32. The topological polar surface area (TPSA) is 52.6 Å². The number of ketones is 1. The van der Waals surface area contributed by atoms with E-state index in [1.54, 1.807) is 6.08 Å². The molecule has 2 rings (SSSR count). The Kier molecular flexibility index (Phi) is 7.27. The van der Waals surface area contributed by atoms with Crippen molar-refractivity contribution < 1.29 is 19.1 Å². The second-order valence-corrected chi connectivity index (χ2v) is 5.83. The van der Waals surface area contributed by atoms with Crippen LogP contribution in [0.4, 0.5) is 0 Å². The molecule has 0 unspecified atom stereocenters. The lowest BCUT2D eigenvalue weighted by Crippen LogP contribution is -2.21. The summed E-state index contributed by atoms with van der Waals surface area (Å²) in [7, 11) is 1.40. The number of carbonyl (C=O) groups excluding carboxylic acids is 2. The van der Waals surface area contributed by atoms with Crippen molar-refractivity contribution in [3.8, 4) is 5.75 Å². The molecule has 2 atom stereocenters. The van der Waals surface area contributed by atoms with Gasteiger partial charge in [-0.25, -0.2) is 0 Å². The van der Waals surface area contributed by atoms with Gasteiger partial charge in [-0.3, -0.25) is 9.59 Å². The van der Waals surface area contributed by atoms with Crippen LogP contribution in [0.2, 0.25) is 0 Å². The highest BCUT2D eigenvalue weighted by Crippen LogP contribution is 2.27. The first-order valence-corrected chi connectivity index (χ1v) is 8.32. The van der Waals surface area contributed by atoms with E-state index in [0.717, 1.165) is 18.6 Å². The van der Waals surface area contributed by atoms with Crippen molar-refractivity contribution in [3.05, 3.63) is 54.6 Å². The second kappa shape index (κ2) is 9.71. The lowest BCUT2D eigenvalue weighted by atomic mass is 9.92. The molecular weight excluding hydrogens is 304 g/mol. The summed E-state index contributed by atoms with van der Waals surface area (Å²) in [6.07, 6.45) is 10.4. The third-order valence-electron chi connectivity index (χ3n) is 4.11. The maximum absolute atomic E-state index is 12.0. The van der Waals surface area contributed by atoms with Crippen molar-refractivity contribution in [3.63, 3.8) is 0 Å². The minimum absolute atomic E-state index is 0.0504. The van der Waals surface area contributed by atoms with Crippen LogP contribution in [0.25, 0.3) is 0 Å². The van der Waals surface area contributed by atoms with Gasteiger partial charge in [0.25, 0.3) is 0 Å². The molecule has 1 aliphatic rings. The Morgan fingerprint density at radius 1 is 1.21 bits per heavy atom. The fourth-order valence-electron chi connectivity index (χ4n) is 2.69. The van der Waals surface area contributed by atoms with Gasteiger partial charge in [0.2, 0.25) is 0 Å². The Balaban J connectivity index is 1.73. The Morgan fingerprint density at radius 3 is 2.75 bits per heavy atom. The number of methoxy groups -OCH3 is 1. The molecule has 24 heavy (non-hydrogen) atoms. The van der Waals surface area contributed by atoms with Gasteiger partial charge < -0.3 is 9.47 Å². The summed E-state index contributed by atoms with van der Waals surface area (Å²) in [6, 6.07) is 9.63. The number of hydrogen-bond donors (Lipinski definition) is 0. The maximum Gasteiger partial charge on any atom is 0.305 e. The van der Waals surface area contributed by atoms with Crippen LogP contribution in [0.15, 0.2) is 54.6 Å². The molecule has 0 N–H and O–H groups in total. The van der Waals surface area contributed by atoms with Gasteiger partial charge in [0, 0.05) is 18.3 Å². The quantitative estimate of drug-likeness (QED) is 0.394. The van der Waals surface area contributed by atoms with E-state index >= 15 is 0 Å². The highest BCUT2D eigenvalue weighted by Gasteiger charge is 2.29. The van der Waals surface area contributed by atoms with Crippen LogP contribution in [-0.4, -0.2) is 25.5 Å². The second-order valence-electron chi connectivity index (χ2n) is 5.83. The molecule has 0 radical (unpaired) electrons. The molecule has 0 bridgehead atoms. The Morgan fingerprint density at radius 2 is 2.00 bits per heavy atom. The van der Waals surface area contributed by atoms with Crippen molar-refractivity contribution in [2.75, 3.05) is 13.7 Å². The standard InChI is InChI=1S/C20H24O4/c1-23-20(22)12-8-3-2-7-11-18-16(13-14-19(18)21)15-24-17-9-5-4-6-10-17/h2,4-7,9-10,13-14,16,18H,3,8,11-12,15H2,1H3/b7-2-/t16-,18-/m1/s1. The predicted octanol–water partition coefficient (Wildman–Crippen LogP) is 3.73. The summed E-state index contributed by atoms with van der Waals surface area (Å²) in [5.41, 5.74) is 0. The minimum atomic E-state index is -0.184. The summed E-state index contributed by atoms with van der Waals surface area (Å²) < 4.78 is 10.4. The smallest absolute Gasteiger partial charge is 0.305 e. The van der Waals surface area contributed by atoms with E-state index in [4.69, 9.17) is 4.74 Å². The average molecular weight is 328 g/mol. The van der Waals surface area contributed by atoms with Gasteiger partial charge in [0.05, 0.1) is 13.7 Å². The summed E-state index contributed by atoms with van der Waals surface area (Å²) >= 11 is 0. The van der Waals surface area contributed by atoms with Crippen molar-refractivity contribution in [1.29, 1.82) is 0 Å². The lowest BCUT2D eigenvalue weighted by molar-refractivity contribution is -0.140. The van der Waals surface area contributed by atoms with E-state index in [0.29, 0.717) is 19.4 Å². The van der Waals surface area contributed by atoms with Crippen LogP contribution in [0.1, 0.15) is 25.7 Å². The van der Waals surface area contributed by atoms with Gasteiger partial charge in [-0.05, 0) is 37.5 Å². The normalized spacial score (nSPS) is 19.8. The van der Waals surface area contributed by atoms with Crippen LogP contribution >= 0.6 is 0 Å². The molecule has 0 aliphatic heterocycles. The molecule has 0 heterocycles. The molecule has 0 saturated heterocycles. The largest absolute Gasteiger partial charge is 0.493 e. The zero-order valence-corrected chi connectivity index (χ0v) is 14.0.